The Labute approximate surface area is 554 Å². The summed E-state index contributed by atoms with van der Waals surface area (Å²) in [6.07, 6.45) is 2.21. The molecule has 7 aromatic rings. The number of ether oxygens (including phenoxy) is 4. The molecule has 2 aliphatic rings. The maximum Gasteiger partial charge on any atom is 0.354 e. The van der Waals surface area contributed by atoms with E-state index in [-0.39, 0.29) is 82.2 Å². The van der Waals surface area contributed by atoms with E-state index in [0.29, 0.717) is 107 Å². The fourth-order valence-electron chi connectivity index (χ4n) is 11.3. The fourth-order valence-corrected chi connectivity index (χ4v) is 12.6. The molecule has 26 heteroatoms. The van der Waals surface area contributed by atoms with E-state index in [1.165, 1.54) is 11.0 Å². The lowest BCUT2D eigenvalue weighted by molar-refractivity contribution is -0.144. The Morgan fingerprint density at radius 1 is 0.849 bits per heavy atom. The van der Waals surface area contributed by atoms with Crippen LogP contribution in [0, 0.1) is 12.3 Å². The number of hydrogen-bond acceptors (Lipinski definition) is 17. The molecule has 0 unspecified atom stereocenters. The summed E-state index contributed by atoms with van der Waals surface area (Å²) in [5.74, 6) is -1.56. The normalized spacial score (nSPS) is 16.2. The Hall–Kier alpha value is -7.94. The molecule has 0 bridgehead atoms. The maximum atomic E-state index is 14.6. The van der Waals surface area contributed by atoms with Crippen LogP contribution < -0.4 is 26.5 Å². The molecular formula is C67H80Cl2N12O11S. The van der Waals surface area contributed by atoms with Crippen LogP contribution in [-0.4, -0.2) is 177 Å². The summed E-state index contributed by atoms with van der Waals surface area (Å²) in [7, 11) is 0. The Morgan fingerprint density at radius 3 is 2.23 bits per heavy atom. The largest absolute Gasteiger partial charge is 0.391 e. The number of benzene rings is 4. The molecule has 2 aliphatic heterocycles. The number of carbonyl (C=O) groups excluding carboxylic acids is 5. The SMILES string of the molecule is C=CC(=O)N1CCN(c2nc(=O)n(-c3ccc(C(=O)NCc4cn(CCOCCOCCOCCOCC(=O)N[C@H](C(=O)N5C[C@H](O)C[C@H]5C(=O)NCc5ccc(-c6scnc6C)cc5)C(C)(C)C)nn4)cc3C(C)C)c3cc(-c4ccccc4Cl)c(Cl)cc23)[C@@H](C)C1. The lowest BCUT2D eigenvalue weighted by Gasteiger charge is -2.40. The van der Waals surface area contributed by atoms with E-state index < -0.39 is 41.1 Å². The van der Waals surface area contributed by atoms with Crippen LogP contribution in [0.1, 0.15) is 86.8 Å². The van der Waals surface area contributed by atoms with Crippen LogP contribution in [-0.2, 0) is 57.8 Å². The number of halogens is 2. The monoisotopic (exact) mass is 1330 g/mol. The summed E-state index contributed by atoms with van der Waals surface area (Å²) >= 11 is 15.3. The number of hydrogen-bond donors (Lipinski definition) is 4. The van der Waals surface area contributed by atoms with Crippen LogP contribution in [0.5, 0.6) is 0 Å². The molecule has 4 N–H and O–H groups in total. The number of aromatic nitrogens is 6. The topological polar surface area (TPSA) is 267 Å². The Bertz CT molecular complexity index is 3870. The number of fused-ring (bicyclic) bond motifs is 1. The number of nitrogens with zero attached hydrogens (tertiary/aromatic N) is 9. The quantitative estimate of drug-likeness (QED) is 0.0273. The molecule has 0 spiro atoms. The summed E-state index contributed by atoms with van der Waals surface area (Å²) in [6, 6.07) is 22.0. The fraction of sp³-hybridized carbons (Fsp3) is 0.433. The minimum Gasteiger partial charge on any atom is -0.391 e. The lowest BCUT2D eigenvalue weighted by atomic mass is 9.85. The van der Waals surface area contributed by atoms with E-state index in [2.05, 4.69) is 37.8 Å². The van der Waals surface area contributed by atoms with Crippen LogP contribution in [0.4, 0.5) is 5.82 Å². The van der Waals surface area contributed by atoms with Gasteiger partial charge in [0.15, 0.2) is 0 Å². The maximum absolute atomic E-state index is 14.6. The van der Waals surface area contributed by atoms with Crippen molar-refractivity contribution in [3.63, 3.8) is 0 Å². The average Bonchev–Trinajstić information content (AvgIpc) is 1.31. The highest BCUT2D eigenvalue weighted by Gasteiger charge is 2.44. The first kappa shape index (κ1) is 69.4. The van der Waals surface area contributed by atoms with Crippen molar-refractivity contribution in [2.24, 2.45) is 5.41 Å². The highest BCUT2D eigenvalue weighted by atomic mass is 35.5. The van der Waals surface area contributed by atoms with Crippen LogP contribution in [0.25, 0.3) is 38.2 Å². The summed E-state index contributed by atoms with van der Waals surface area (Å²) in [5.41, 5.74) is 7.46. The third kappa shape index (κ3) is 17.5. The summed E-state index contributed by atoms with van der Waals surface area (Å²) < 4.78 is 25.7. The van der Waals surface area contributed by atoms with Crippen molar-refractivity contribution in [1.29, 1.82) is 0 Å². The molecule has 93 heavy (non-hydrogen) atoms. The second-order valence-electron chi connectivity index (χ2n) is 24.3. The van der Waals surface area contributed by atoms with Gasteiger partial charge in [0.2, 0.25) is 23.6 Å². The van der Waals surface area contributed by atoms with Crippen LogP contribution in [0.3, 0.4) is 0 Å². The predicted octanol–water partition coefficient (Wildman–Crippen LogP) is 7.53. The molecule has 2 saturated heterocycles. The van der Waals surface area contributed by atoms with Gasteiger partial charge in [0.25, 0.3) is 5.91 Å². The lowest BCUT2D eigenvalue weighted by Crippen LogP contribution is -2.58. The van der Waals surface area contributed by atoms with Gasteiger partial charge in [-0.3, -0.25) is 28.5 Å². The molecule has 0 aliphatic carbocycles. The first-order chi connectivity index (χ1) is 44.6. The van der Waals surface area contributed by atoms with Crippen molar-refractivity contribution in [3.8, 4) is 27.3 Å². The van der Waals surface area contributed by atoms with Crippen molar-refractivity contribution in [2.75, 3.05) is 83.9 Å². The van der Waals surface area contributed by atoms with E-state index in [0.717, 1.165) is 27.3 Å². The zero-order valence-electron chi connectivity index (χ0n) is 53.4. The standard InChI is InChI=1S/C67H80Cl2N12O11S/c1-9-59(84)77-20-21-79(42(4)36-77)62-52-32-54(69)51(49-12-10-11-13-53(49)68)33-56(52)81(66(88)74-62)55-19-18-46(30-50(55)41(2)3)63(85)71-35-47-37-78(76-75-47)22-23-89-24-25-90-26-27-91-28-29-92-39-58(83)73-61(67(6,7)8)65(87)80-38-48(82)31-57(80)64(86)70-34-44-14-16-45(17-15-44)60-43(5)72-40-93-60/h9-19,30,32-33,37,40-42,48,57,61,82H,1,20-29,31,34-36,38-39H2,2-8H3,(H,70,86)(H,71,85)(H,73,83)/t42-,48+,57-,61+/m0/s1. The van der Waals surface area contributed by atoms with Crippen molar-refractivity contribution >= 4 is 80.8 Å². The number of amides is 5. The van der Waals surface area contributed by atoms with Crippen molar-refractivity contribution in [2.45, 2.75) is 105 Å². The van der Waals surface area contributed by atoms with Gasteiger partial charge in [-0.1, -0.05) is 112 Å². The highest BCUT2D eigenvalue weighted by Crippen LogP contribution is 2.40. The number of rotatable bonds is 28. The molecule has 4 atom stereocenters. The molecule has 5 amide bonds. The number of aliphatic hydroxyl groups excluding tert-OH is 1. The first-order valence-electron chi connectivity index (χ1n) is 31.0. The van der Waals surface area contributed by atoms with E-state index in [9.17, 15) is 33.9 Å². The molecule has 23 nitrogen and oxygen atoms in total. The molecular weight excluding hydrogens is 1250 g/mol. The summed E-state index contributed by atoms with van der Waals surface area (Å²) in [4.78, 5) is 96.6. The van der Waals surface area contributed by atoms with Gasteiger partial charge in [0.05, 0.1) is 98.9 Å². The van der Waals surface area contributed by atoms with Crippen LogP contribution in [0.2, 0.25) is 10.0 Å². The first-order valence-corrected chi connectivity index (χ1v) is 32.6. The number of likely N-dealkylation sites (tertiary alicyclic amines) is 1. The molecule has 4 aromatic carbocycles. The van der Waals surface area contributed by atoms with Gasteiger partial charge in [-0.2, -0.15) is 4.98 Å². The number of thiazole rings is 1. The van der Waals surface area contributed by atoms with E-state index in [1.54, 1.807) is 61.5 Å². The zero-order valence-corrected chi connectivity index (χ0v) is 55.7. The van der Waals surface area contributed by atoms with Gasteiger partial charge >= 0.3 is 5.69 Å². The number of nitrogens with one attached hydrogen (secondary N) is 3. The average molecular weight is 1330 g/mol. The van der Waals surface area contributed by atoms with E-state index in [4.69, 9.17) is 47.1 Å². The Kier molecular flexibility index (Phi) is 23.7. The number of carbonyl (C=O) groups is 5. The number of anilines is 1. The minimum atomic E-state index is -0.994. The summed E-state index contributed by atoms with van der Waals surface area (Å²) in [5, 5.41) is 29.2. The van der Waals surface area contributed by atoms with Crippen LogP contribution >= 0.6 is 34.5 Å². The smallest absolute Gasteiger partial charge is 0.354 e. The third-order valence-corrected chi connectivity index (χ3v) is 17.8. The molecule has 0 radical (unpaired) electrons. The predicted molar refractivity (Wildman–Crippen MR) is 357 cm³/mol. The second kappa shape index (κ2) is 31.8. The number of β-amino-alcohol motifs (C(OH)–C–C–N with tert-alkyl or cyclic N) is 1. The zero-order chi connectivity index (χ0) is 66.5. The minimum absolute atomic E-state index is 0.0375. The molecule has 5 heterocycles. The molecule has 0 saturated carbocycles. The number of piperazine rings is 1. The summed E-state index contributed by atoms with van der Waals surface area (Å²) in [6.45, 7) is 20.5. The molecule has 494 valence electrons. The Balaban J connectivity index is 0.679. The number of aryl methyl sites for hydroxylation is 1. The second-order valence-corrected chi connectivity index (χ2v) is 26.0. The molecule has 9 rings (SSSR count). The highest BCUT2D eigenvalue weighted by molar-refractivity contribution is 7.13. The van der Waals surface area contributed by atoms with Crippen molar-refractivity contribution < 1.29 is 48.0 Å². The third-order valence-electron chi connectivity index (χ3n) is 16.2. The molecule has 2 fully saturated rings. The molecule has 3 aromatic heterocycles. The van der Waals surface area contributed by atoms with Gasteiger partial charge in [-0.05, 0) is 84.3 Å². The van der Waals surface area contributed by atoms with Gasteiger partial charge in [-0.15, -0.1) is 16.4 Å². The van der Waals surface area contributed by atoms with Gasteiger partial charge < -0.3 is 54.7 Å². The van der Waals surface area contributed by atoms with Gasteiger partial charge in [0.1, 0.15) is 30.2 Å². The van der Waals surface area contributed by atoms with Gasteiger partial charge in [0, 0.05) is 77.3 Å². The van der Waals surface area contributed by atoms with E-state index >= 15 is 0 Å². The van der Waals surface area contributed by atoms with Crippen molar-refractivity contribution in [3.05, 3.63) is 152 Å². The number of aliphatic hydroxyl groups is 1. The Morgan fingerprint density at radius 2 is 1.56 bits per heavy atom. The van der Waals surface area contributed by atoms with E-state index in [1.807, 2.05) is 108 Å². The van der Waals surface area contributed by atoms with Crippen LogP contribution in [0.15, 0.2) is 108 Å². The van der Waals surface area contributed by atoms with Gasteiger partial charge in [-0.25, -0.2) is 14.5 Å². The van der Waals surface area contributed by atoms with Crippen molar-refractivity contribution in [1.82, 2.24) is 55.3 Å².